The molecule has 14 N–H and O–H groups in total. The van der Waals surface area contributed by atoms with Crippen LogP contribution >= 0.6 is 0 Å². The van der Waals surface area contributed by atoms with E-state index in [0.717, 1.165) is 0 Å². The highest BCUT2D eigenvalue weighted by atomic mass is 16.7. The summed E-state index contributed by atoms with van der Waals surface area (Å²) in [6, 6.07) is -3.12. The van der Waals surface area contributed by atoms with E-state index in [1.807, 2.05) is 6.08 Å². The molecule has 0 unspecified atom stereocenters. The Morgan fingerprint density at radius 2 is 1.90 bits per heavy atom. The number of rotatable bonds is 13. The van der Waals surface area contributed by atoms with Gasteiger partial charge in [-0.25, -0.2) is 0 Å². The summed E-state index contributed by atoms with van der Waals surface area (Å²) in [5.41, 5.74) is 16.7. The Kier molecular flexibility index (Phi) is 12.7. The second kappa shape index (κ2) is 15.3. The van der Waals surface area contributed by atoms with E-state index < -0.39 is 78.8 Å². The second-order valence-corrected chi connectivity index (χ2v) is 11.0. The highest BCUT2D eigenvalue weighted by Crippen LogP contribution is 2.32. The van der Waals surface area contributed by atoms with Gasteiger partial charge in [0.1, 0.15) is 41.9 Å². The average molecular weight is 593 g/mol. The summed E-state index contributed by atoms with van der Waals surface area (Å²) in [5.74, 6) is -0.170. The molecule has 0 spiro atoms. The van der Waals surface area contributed by atoms with Crippen molar-refractivity contribution in [3.05, 3.63) is 11.8 Å². The van der Waals surface area contributed by atoms with Crippen LogP contribution in [-0.2, 0) is 23.7 Å². The zero-order chi connectivity index (χ0) is 30.3. The minimum Gasteiger partial charge on any atom is -0.467 e. The van der Waals surface area contributed by atoms with E-state index in [2.05, 4.69) is 16.0 Å². The van der Waals surface area contributed by atoms with Gasteiger partial charge in [0.05, 0.1) is 37.9 Å². The van der Waals surface area contributed by atoms with E-state index in [-0.39, 0.29) is 32.6 Å². The van der Waals surface area contributed by atoms with Crippen molar-refractivity contribution in [2.24, 2.45) is 17.2 Å². The summed E-state index contributed by atoms with van der Waals surface area (Å²) in [6.07, 6.45) is -6.40. The van der Waals surface area contributed by atoms with Crippen molar-refractivity contribution in [2.75, 3.05) is 39.9 Å². The topological polar surface area (TPSA) is 269 Å². The normalized spacial score (nSPS) is 40.4. The molecule has 2 heterocycles. The first-order chi connectivity index (χ1) is 19.4. The van der Waals surface area contributed by atoms with E-state index in [1.54, 1.807) is 7.05 Å². The van der Waals surface area contributed by atoms with E-state index in [4.69, 9.17) is 41.3 Å². The van der Waals surface area contributed by atoms with Crippen molar-refractivity contribution in [2.45, 2.75) is 99.1 Å². The smallest absolute Gasteiger partial charge is 0.249 e. The quantitative estimate of drug-likeness (QED) is 0.0891. The summed E-state index contributed by atoms with van der Waals surface area (Å²) in [6.45, 7) is 2.07. The highest BCUT2D eigenvalue weighted by molar-refractivity contribution is 5.80. The lowest BCUT2D eigenvalue weighted by atomic mass is 9.83. The van der Waals surface area contributed by atoms with Crippen LogP contribution in [0.5, 0.6) is 0 Å². The van der Waals surface area contributed by atoms with Gasteiger partial charge in [-0.2, -0.15) is 0 Å². The van der Waals surface area contributed by atoms with E-state index in [1.165, 1.54) is 6.92 Å². The van der Waals surface area contributed by atoms with Crippen LogP contribution < -0.4 is 33.2 Å². The molecule has 2 aliphatic heterocycles. The molecule has 3 aliphatic rings. The molecule has 16 heteroatoms. The van der Waals surface area contributed by atoms with Crippen molar-refractivity contribution in [3.63, 3.8) is 0 Å². The molecule has 0 aromatic carbocycles. The van der Waals surface area contributed by atoms with Crippen LogP contribution in [0.1, 0.15) is 26.2 Å². The summed E-state index contributed by atoms with van der Waals surface area (Å²) < 4.78 is 23.7. The average Bonchev–Trinajstić information content (AvgIpc) is 2.91. The van der Waals surface area contributed by atoms with Crippen molar-refractivity contribution in [1.29, 1.82) is 0 Å². The minimum atomic E-state index is -1.46. The number of aliphatic hydroxyl groups excluding tert-OH is 4. The van der Waals surface area contributed by atoms with Crippen molar-refractivity contribution in [3.8, 4) is 0 Å². The molecule has 16 nitrogen and oxygen atoms in total. The number of amides is 1. The molecule has 0 aromatic heterocycles. The molecule has 0 radical (unpaired) electrons. The third-order valence-corrected chi connectivity index (χ3v) is 7.63. The standard InChI is InChI=1S/C25H48N6O10/c1-25(37)11-38-24(18(35)21(25)29-2)41-20-15(31-22(36)16(33)5-6-26)9-14(28)19(17(20)34)40-23-13(27)4-3-12(39-23)10-30-7-8-32/h3,13-21,23-24,29-30,32-35,37H,4-11,26-28H2,1-2H3,(H,31,36)/t13-,14+,15-,16+,17+,18+,19+,20+,21-,23-,24-,25+/m1/s1. The monoisotopic (exact) mass is 592 g/mol. The summed E-state index contributed by atoms with van der Waals surface area (Å²) in [7, 11) is 1.57. The first-order valence-electron chi connectivity index (χ1n) is 14.0. The maximum atomic E-state index is 12.7. The first-order valence-corrected chi connectivity index (χ1v) is 14.0. The zero-order valence-corrected chi connectivity index (χ0v) is 23.6. The van der Waals surface area contributed by atoms with Gasteiger partial charge in [0.2, 0.25) is 12.2 Å². The molecule has 1 saturated carbocycles. The SMILES string of the molecule is CN[C@@H]1[C@H](O)[C@@H](O[C@@H]2[C@@H](O)[C@@H](O[C@H]3OC(CNCCO)=CC[C@H]3N)[C@@H](N)C[C@H]2NC(=O)[C@@H](O)CCN)OC[C@]1(C)O. The number of hydrogen-bond donors (Lipinski definition) is 11. The van der Waals surface area contributed by atoms with Crippen LogP contribution in [0.25, 0.3) is 0 Å². The largest absolute Gasteiger partial charge is 0.467 e. The molecule has 0 aromatic rings. The number of hydrogen-bond acceptors (Lipinski definition) is 15. The summed E-state index contributed by atoms with van der Waals surface area (Å²) in [4.78, 5) is 12.7. The lowest BCUT2D eigenvalue weighted by molar-refractivity contribution is -0.304. The summed E-state index contributed by atoms with van der Waals surface area (Å²) >= 11 is 0. The van der Waals surface area contributed by atoms with Gasteiger partial charge in [0.15, 0.2) is 6.29 Å². The van der Waals surface area contributed by atoms with Gasteiger partial charge in [-0.3, -0.25) is 4.79 Å². The molecular formula is C25H48N6O10. The number of ether oxygens (including phenoxy) is 4. The molecule has 1 saturated heterocycles. The maximum absolute atomic E-state index is 12.7. The Morgan fingerprint density at radius 1 is 1.20 bits per heavy atom. The number of carbonyl (C=O) groups is 1. The van der Waals surface area contributed by atoms with Crippen LogP contribution in [0, 0.1) is 0 Å². The van der Waals surface area contributed by atoms with Crippen LogP contribution in [0.4, 0.5) is 0 Å². The van der Waals surface area contributed by atoms with Crippen LogP contribution in [0.2, 0.25) is 0 Å². The van der Waals surface area contributed by atoms with Crippen LogP contribution in [0.15, 0.2) is 11.8 Å². The number of nitrogens with one attached hydrogen (secondary N) is 3. The van der Waals surface area contributed by atoms with Crippen molar-refractivity contribution < 1.29 is 49.3 Å². The Balaban J connectivity index is 1.79. The fourth-order valence-corrected chi connectivity index (χ4v) is 5.38. The lowest BCUT2D eigenvalue weighted by Gasteiger charge is -2.48. The molecule has 2 fully saturated rings. The molecule has 1 amide bonds. The van der Waals surface area contributed by atoms with Gasteiger partial charge in [-0.1, -0.05) is 0 Å². The van der Waals surface area contributed by atoms with Crippen molar-refractivity contribution in [1.82, 2.24) is 16.0 Å². The van der Waals surface area contributed by atoms with Gasteiger partial charge in [-0.15, -0.1) is 0 Å². The Bertz CT molecular complexity index is 869. The zero-order valence-electron chi connectivity index (χ0n) is 23.6. The highest BCUT2D eigenvalue weighted by Gasteiger charge is 2.51. The van der Waals surface area contributed by atoms with Crippen molar-refractivity contribution >= 4 is 5.91 Å². The molecule has 0 bridgehead atoms. The second-order valence-electron chi connectivity index (χ2n) is 11.0. The van der Waals surface area contributed by atoms with Crippen LogP contribution in [0.3, 0.4) is 0 Å². The predicted molar refractivity (Wildman–Crippen MR) is 145 cm³/mol. The van der Waals surface area contributed by atoms with Gasteiger partial charge in [0.25, 0.3) is 0 Å². The van der Waals surface area contributed by atoms with Crippen LogP contribution in [-0.4, -0.2) is 144 Å². The minimum absolute atomic E-state index is 0.0216. The first kappa shape index (κ1) is 34.0. The fourth-order valence-electron chi connectivity index (χ4n) is 5.38. The molecule has 3 rings (SSSR count). The van der Waals surface area contributed by atoms with E-state index >= 15 is 0 Å². The molecule has 41 heavy (non-hydrogen) atoms. The molecule has 238 valence electrons. The molecular weight excluding hydrogens is 544 g/mol. The van der Waals surface area contributed by atoms with Gasteiger partial charge < -0.3 is 77.6 Å². The molecule has 12 atom stereocenters. The molecule has 1 aliphatic carbocycles. The lowest BCUT2D eigenvalue weighted by Crippen LogP contribution is -2.69. The number of aliphatic hydroxyl groups is 5. The third kappa shape index (κ3) is 8.54. The Morgan fingerprint density at radius 3 is 2.56 bits per heavy atom. The number of carbonyl (C=O) groups excluding carboxylic acids is 1. The predicted octanol–water partition coefficient (Wildman–Crippen LogP) is -5.36. The van der Waals surface area contributed by atoms with Gasteiger partial charge in [-0.05, 0) is 45.9 Å². The Hall–Kier alpha value is -1.51. The van der Waals surface area contributed by atoms with Gasteiger partial charge in [0, 0.05) is 12.6 Å². The number of nitrogens with two attached hydrogens (primary N) is 3. The van der Waals surface area contributed by atoms with E-state index in [9.17, 15) is 25.2 Å². The third-order valence-electron chi connectivity index (χ3n) is 7.63. The Labute approximate surface area is 239 Å². The van der Waals surface area contributed by atoms with E-state index in [0.29, 0.717) is 25.3 Å². The fraction of sp³-hybridized carbons (Fsp3) is 0.880. The summed E-state index contributed by atoms with van der Waals surface area (Å²) in [5, 5.41) is 60.7. The number of likely N-dealkylation sites (N-methyl/N-ethyl adjacent to an activating group) is 1. The maximum Gasteiger partial charge on any atom is 0.249 e. The van der Waals surface area contributed by atoms with Gasteiger partial charge >= 0.3 is 0 Å².